The summed E-state index contributed by atoms with van der Waals surface area (Å²) < 4.78 is 0. The molecule has 4 heterocycles. The number of anilines is 1. The van der Waals surface area contributed by atoms with Gasteiger partial charge in [-0.15, -0.1) is 22.7 Å². The molecule has 0 unspecified atom stereocenters. The minimum atomic E-state index is -0.492. The minimum Gasteiger partial charge on any atom is -0.397 e. The first kappa shape index (κ1) is 13.7. The molecule has 0 atom stereocenters. The third-order valence-corrected chi connectivity index (χ3v) is 5.90. The largest absolute Gasteiger partial charge is 0.397 e. The summed E-state index contributed by atoms with van der Waals surface area (Å²) in [7, 11) is 0. The molecule has 1 amide bonds. The topological polar surface area (TPSA) is 94.0 Å². The van der Waals surface area contributed by atoms with E-state index < -0.39 is 5.91 Å². The minimum absolute atomic E-state index is 0.399. The van der Waals surface area contributed by atoms with E-state index in [1.807, 2.05) is 11.4 Å². The SMILES string of the molecule is NC(=O)c1sc2nc3c(c(-c4cccs4)c2c1N)CCNC3. The van der Waals surface area contributed by atoms with Crippen LogP contribution in [0.4, 0.5) is 5.69 Å². The van der Waals surface area contributed by atoms with Gasteiger partial charge < -0.3 is 16.8 Å². The molecule has 0 saturated heterocycles. The van der Waals surface area contributed by atoms with Gasteiger partial charge in [0.15, 0.2) is 0 Å². The van der Waals surface area contributed by atoms with Crippen molar-refractivity contribution in [2.45, 2.75) is 13.0 Å². The van der Waals surface area contributed by atoms with Gasteiger partial charge in [-0.25, -0.2) is 4.98 Å². The number of hydrogen-bond donors (Lipinski definition) is 3. The maximum atomic E-state index is 11.6. The maximum Gasteiger partial charge on any atom is 0.260 e. The standard InChI is InChI=1S/C15H14N4OS2/c16-12-11-10(9-2-1-5-21-9)7-3-4-18-6-8(7)19-15(11)22-13(12)14(17)20/h1-2,5,18H,3-4,6,16H2,(H2,17,20). The zero-order chi connectivity index (χ0) is 15.3. The van der Waals surface area contributed by atoms with Crippen LogP contribution in [0.15, 0.2) is 17.5 Å². The number of hydrogen-bond acceptors (Lipinski definition) is 6. The third-order valence-electron chi connectivity index (χ3n) is 3.90. The van der Waals surface area contributed by atoms with Gasteiger partial charge in [0.1, 0.15) is 9.71 Å². The summed E-state index contributed by atoms with van der Waals surface area (Å²) in [5, 5.41) is 6.27. The van der Waals surface area contributed by atoms with Crippen molar-refractivity contribution in [3.63, 3.8) is 0 Å². The Labute approximate surface area is 135 Å². The van der Waals surface area contributed by atoms with E-state index in [-0.39, 0.29) is 0 Å². The zero-order valence-corrected chi connectivity index (χ0v) is 13.3. The lowest BCUT2D eigenvalue weighted by Gasteiger charge is -2.20. The van der Waals surface area contributed by atoms with Gasteiger partial charge in [-0.3, -0.25) is 4.79 Å². The molecule has 5 N–H and O–H groups in total. The Bertz CT molecular complexity index is 883. The normalized spacial score (nSPS) is 14.2. The van der Waals surface area contributed by atoms with E-state index in [0.717, 1.165) is 45.9 Å². The Morgan fingerprint density at radius 2 is 2.27 bits per heavy atom. The number of rotatable bonds is 2. The highest BCUT2D eigenvalue weighted by Gasteiger charge is 2.25. The lowest BCUT2D eigenvalue weighted by Crippen LogP contribution is -2.25. The van der Waals surface area contributed by atoms with Gasteiger partial charge in [0.05, 0.1) is 11.4 Å². The molecule has 112 valence electrons. The number of nitrogens with one attached hydrogen (secondary N) is 1. The molecule has 5 nitrogen and oxygen atoms in total. The van der Waals surface area contributed by atoms with Crippen LogP contribution in [0.2, 0.25) is 0 Å². The van der Waals surface area contributed by atoms with Gasteiger partial charge in [0, 0.05) is 22.4 Å². The Hall–Kier alpha value is -1.96. The van der Waals surface area contributed by atoms with E-state index >= 15 is 0 Å². The fraction of sp³-hybridized carbons (Fsp3) is 0.200. The summed E-state index contributed by atoms with van der Waals surface area (Å²) in [6, 6.07) is 4.11. The van der Waals surface area contributed by atoms with Crippen LogP contribution in [0, 0.1) is 0 Å². The molecule has 3 aromatic rings. The first-order valence-corrected chi connectivity index (χ1v) is 8.64. The number of pyridine rings is 1. The van der Waals surface area contributed by atoms with E-state index in [2.05, 4.69) is 11.4 Å². The highest BCUT2D eigenvalue weighted by Crippen LogP contribution is 2.43. The molecule has 0 aromatic carbocycles. The Morgan fingerprint density at radius 1 is 1.41 bits per heavy atom. The van der Waals surface area contributed by atoms with Gasteiger partial charge in [0.25, 0.3) is 5.91 Å². The van der Waals surface area contributed by atoms with Gasteiger partial charge in [-0.1, -0.05) is 6.07 Å². The number of thiophene rings is 2. The maximum absolute atomic E-state index is 11.6. The predicted octanol–water partition coefficient (Wildman–Crippen LogP) is 2.35. The van der Waals surface area contributed by atoms with Crippen molar-refractivity contribution in [1.29, 1.82) is 0 Å². The zero-order valence-electron chi connectivity index (χ0n) is 11.7. The van der Waals surface area contributed by atoms with Crippen molar-refractivity contribution in [3.8, 4) is 10.4 Å². The molecule has 3 aromatic heterocycles. The first-order valence-electron chi connectivity index (χ1n) is 6.95. The molecule has 0 bridgehead atoms. The van der Waals surface area contributed by atoms with E-state index in [9.17, 15) is 4.79 Å². The van der Waals surface area contributed by atoms with E-state index in [1.165, 1.54) is 16.9 Å². The summed E-state index contributed by atoms with van der Waals surface area (Å²) in [5.41, 5.74) is 15.6. The number of nitrogens with two attached hydrogens (primary N) is 2. The van der Waals surface area contributed by atoms with E-state index in [1.54, 1.807) is 11.3 Å². The molecule has 1 aliphatic heterocycles. The van der Waals surface area contributed by atoms with Crippen molar-refractivity contribution in [1.82, 2.24) is 10.3 Å². The van der Waals surface area contributed by atoms with Crippen LogP contribution < -0.4 is 16.8 Å². The average Bonchev–Trinajstić information content (AvgIpc) is 3.14. The third kappa shape index (κ3) is 1.93. The lowest BCUT2D eigenvalue weighted by molar-refractivity contribution is 0.100. The monoisotopic (exact) mass is 330 g/mol. The molecule has 0 radical (unpaired) electrons. The Kier molecular flexibility index (Phi) is 3.14. The quantitative estimate of drug-likeness (QED) is 0.672. The first-order chi connectivity index (χ1) is 10.7. The number of amides is 1. The number of nitrogen functional groups attached to an aromatic ring is 1. The highest BCUT2D eigenvalue weighted by molar-refractivity contribution is 7.21. The average molecular weight is 330 g/mol. The second kappa shape index (κ2) is 5.05. The van der Waals surface area contributed by atoms with E-state index in [0.29, 0.717) is 10.6 Å². The second-order valence-electron chi connectivity index (χ2n) is 5.21. The number of nitrogens with zero attached hydrogens (tertiary/aromatic N) is 1. The number of primary amides is 1. The molecule has 0 saturated carbocycles. The Balaban J connectivity index is 2.14. The fourth-order valence-electron chi connectivity index (χ4n) is 2.95. The molecule has 1 aliphatic rings. The summed E-state index contributed by atoms with van der Waals surface area (Å²) in [4.78, 5) is 18.7. The van der Waals surface area contributed by atoms with Crippen molar-refractivity contribution < 1.29 is 4.79 Å². The van der Waals surface area contributed by atoms with Crippen molar-refractivity contribution in [3.05, 3.63) is 33.6 Å². The van der Waals surface area contributed by atoms with Crippen LogP contribution in [-0.2, 0) is 13.0 Å². The highest BCUT2D eigenvalue weighted by atomic mass is 32.1. The van der Waals surface area contributed by atoms with Crippen LogP contribution in [-0.4, -0.2) is 17.4 Å². The summed E-state index contributed by atoms with van der Waals surface area (Å²) in [6.45, 7) is 1.67. The smallest absolute Gasteiger partial charge is 0.260 e. The van der Waals surface area contributed by atoms with Crippen molar-refractivity contribution >= 4 is 44.5 Å². The molecule has 0 spiro atoms. The van der Waals surface area contributed by atoms with Gasteiger partial charge in [-0.05, 0) is 30.0 Å². The Morgan fingerprint density at radius 3 is 3.00 bits per heavy atom. The molecular weight excluding hydrogens is 316 g/mol. The number of fused-ring (bicyclic) bond motifs is 2. The number of carbonyl (C=O) groups excluding carboxylic acids is 1. The van der Waals surface area contributed by atoms with E-state index in [4.69, 9.17) is 16.5 Å². The molecular formula is C15H14N4OS2. The second-order valence-corrected chi connectivity index (χ2v) is 7.15. The van der Waals surface area contributed by atoms with Crippen molar-refractivity contribution in [2.75, 3.05) is 12.3 Å². The van der Waals surface area contributed by atoms with Crippen LogP contribution >= 0.6 is 22.7 Å². The number of carbonyl (C=O) groups is 1. The van der Waals surface area contributed by atoms with Gasteiger partial charge in [-0.2, -0.15) is 0 Å². The van der Waals surface area contributed by atoms with Crippen LogP contribution in [0.5, 0.6) is 0 Å². The van der Waals surface area contributed by atoms with Crippen molar-refractivity contribution in [2.24, 2.45) is 5.73 Å². The fourth-order valence-corrected chi connectivity index (χ4v) is 4.73. The lowest BCUT2D eigenvalue weighted by atomic mass is 9.96. The van der Waals surface area contributed by atoms with Crippen LogP contribution in [0.1, 0.15) is 20.9 Å². The summed E-state index contributed by atoms with van der Waals surface area (Å²) in [6.07, 6.45) is 0.909. The predicted molar refractivity (Wildman–Crippen MR) is 91.3 cm³/mol. The summed E-state index contributed by atoms with van der Waals surface area (Å²) >= 11 is 2.96. The van der Waals surface area contributed by atoms with Gasteiger partial charge in [0.2, 0.25) is 0 Å². The summed E-state index contributed by atoms with van der Waals surface area (Å²) in [5.74, 6) is -0.492. The molecule has 4 rings (SSSR count). The molecule has 7 heteroatoms. The van der Waals surface area contributed by atoms with Gasteiger partial charge >= 0.3 is 0 Å². The van der Waals surface area contributed by atoms with Crippen LogP contribution in [0.25, 0.3) is 20.7 Å². The molecule has 22 heavy (non-hydrogen) atoms. The van der Waals surface area contributed by atoms with Crippen LogP contribution in [0.3, 0.4) is 0 Å². The molecule has 0 fully saturated rings. The molecule has 0 aliphatic carbocycles. The number of aromatic nitrogens is 1.